The van der Waals surface area contributed by atoms with Gasteiger partial charge < -0.3 is 9.57 Å². The maximum atomic E-state index is 5.08. The minimum atomic E-state index is 0.449. The fourth-order valence-electron chi connectivity index (χ4n) is 0.979. The highest BCUT2D eigenvalue weighted by Gasteiger charge is 1.94. The lowest BCUT2D eigenvalue weighted by Crippen LogP contribution is -1.89. The van der Waals surface area contributed by atoms with Crippen molar-refractivity contribution in [1.29, 1.82) is 0 Å². The van der Waals surface area contributed by atoms with Crippen LogP contribution in [-0.2, 0) is 11.4 Å². The minimum Gasteiger partial charge on any atom is -0.497 e. The summed E-state index contributed by atoms with van der Waals surface area (Å²) >= 11 is 0. The van der Waals surface area contributed by atoms with Crippen LogP contribution in [0.2, 0.25) is 0 Å². The lowest BCUT2D eigenvalue weighted by Gasteiger charge is -2.02. The molecule has 1 aromatic carbocycles. The van der Waals surface area contributed by atoms with Gasteiger partial charge >= 0.3 is 0 Å². The Bertz CT molecular complexity index is 297. The van der Waals surface area contributed by atoms with Crippen molar-refractivity contribution in [2.75, 3.05) is 7.11 Å². The summed E-state index contributed by atoms with van der Waals surface area (Å²) in [6.45, 7) is 2.41. The SMILES string of the molecule is CC/[C]=N\OCc1cccc(OC)c1. The van der Waals surface area contributed by atoms with Crippen LogP contribution in [0.3, 0.4) is 0 Å². The molecule has 0 amide bonds. The summed E-state index contributed by atoms with van der Waals surface area (Å²) in [6.07, 6.45) is 3.48. The molecule has 1 aromatic rings. The van der Waals surface area contributed by atoms with Gasteiger partial charge in [0, 0.05) is 0 Å². The Labute approximate surface area is 84.3 Å². The van der Waals surface area contributed by atoms with E-state index in [4.69, 9.17) is 9.57 Å². The van der Waals surface area contributed by atoms with Crippen molar-refractivity contribution in [2.24, 2.45) is 5.16 Å². The molecule has 0 aliphatic carbocycles. The van der Waals surface area contributed by atoms with Gasteiger partial charge in [-0.25, -0.2) is 0 Å². The standard InChI is InChI=1S/C11H14NO2/c1-3-7-12-14-9-10-5-4-6-11(8-10)13-2/h4-6,8H,3,9H2,1-2H3. The Morgan fingerprint density at radius 1 is 1.43 bits per heavy atom. The number of ether oxygens (including phenoxy) is 1. The first kappa shape index (κ1) is 10.6. The van der Waals surface area contributed by atoms with Gasteiger partial charge in [-0.05, 0) is 24.1 Å². The highest BCUT2D eigenvalue weighted by atomic mass is 16.6. The van der Waals surface area contributed by atoms with Gasteiger partial charge in [-0.1, -0.05) is 24.2 Å². The molecule has 0 N–H and O–H groups in total. The van der Waals surface area contributed by atoms with E-state index in [1.165, 1.54) is 0 Å². The maximum Gasteiger partial charge on any atom is 0.142 e. The van der Waals surface area contributed by atoms with Crippen molar-refractivity contribution in [3.63, 3.8) is 0 Å². The number of methoxy groups -OCH3 is 1. The average molecular weight is 192 g/mol. The van der Waals surface area contributed by atoms with Crippen LogP contribution < -0.4 is 4.74 Å². The van der Waals surface area contributed by atoms with Gasteiger partial charge in [-0.15, -0.1) is 0 Å². The van der Waals surface area contributed by atoms with E-state index in [9.17, 15) is 0 Å². The molecule has 3 nitrogen and oxygen atoms in total. The second-order valence-electron chi connectivity index (χ2n) is 2.73. The quantitative estimate of drug-likeness (QED) is 0.530. The summed E-state index contributed by atoms with van der Waals surface area (Å²) in [7, 11) is 1.64. The molecule has 0 unspecified atom stereocenters. The largest absolute Gasteiger partial charge is 0.497 e. The lowest BCUT2D eigenvalue weighted by atomic mass is 10.2. The predicted octanol–water partition coefficient (Wildman–Crippen LogP) is 2.48. The summed E-state index contributed by atoms with van der Waals surface area (Å²) in [5.41, 5.74) is 1.03. The van der Waals surface area contributed by atoms with Crippen molar-refractivity contribution >= 4 is 6.21 Å². The number of nitrogens with zero attached hydrogens (tertiary/aromatic N) is 1. The Kier molecular flexibility index (Phi) is 4.55. The third-order valence-electron chi connectivity index (χ3n) is 1.65. The van der Waals surface area contributed by atoms with Gasteiger partial charge in [0.25, 0.3) is 0 Å². The Balaban J connectivity index is 2.46. The third-order valence-corrected chi connectivity index (χ3v) is 1.65. The van der Waals surface area contributed by atoms with Crippen LogP contribution in [0.5, 0.6) is 5.75 Å². The number of rotatable bonds is 5. The van der Waals surface area contributed by atoms with E-state index in [0.29, 0.717) is 6.61 Å². The average Bonchev–Trinajstić information content (AvgIpc) is 2.25. The summed E-state index contributed by atoms with van der Waals surface area (Å²) in [5, 5.41) is 3.65. The summed E-state index contributed by atoms with van der Waals surface area (Å²) in [6, 6.07) is 7.70. The molecule has 1 rings (SSSR count). The predicted molar refractivity (Wildman–Crippen MR) is 55.5 cm³/mol. The molecule has 0 spiro atoms. The van der Waals surface area contributed by atoms with Crippen LogP contribution in [0.4, 0.5) is 0 Å². The Morgan fingerprint density at radius 3 is 3.00 bits per heavy atom. The second kappa shape index (κ2) is 6.02. The van der Waals surface area contributed by atoms with Crippen molar-refractivity contribution in [2.45, 2.75) is 20.0 Å². The molecule has 75 valence electrons. The molecule has 0 saturated carbocycles. The normalized spacial score (nSPS) is 10.4. The van der Waals surface area contributed by atoms with Gasteiger partial charge in [-0.2, -0.15) is 0 Å². The number of benzene rings is 1. The van der Waals surface area contributed by atoms with E-state index in [1.807, 2.05) is 31.2 Å². The first-order valence-electron chi connectivity index (χ1n) is 4.54. The van der Waals surface area contributed by atoms with Crippen LogP contribution in [0.25, 0.3) is 0 Å². The second-order valence-corrected chi connectivity index (χ2v) is 2.73. The van der Waals surface area contributed by atoms with E-state index in [2.05, 4.69) is 11.4 Å². The van der Waals surface area contributed by atoms with Gasteiger partial charge in [0.2, 0.25) is 0 Å². The first-order valence-corrected chi connectivity index (χ1v) is 4.54. The van der Waals surface area contributed by atoms with E-state index < -0.39 is 0 Å². The molecule has 0 fully saturated rings. The van der Waals surface area contributed by atoms with E-state index >= 15 is 0 Å². The Morgan fingerprint density at radius 2 is 2.29 bits per heavy atom. The molecule has 1 radical (unpaired) electrons. The topological polar surface area (TPSA) is 30.8 Å². The van der Waals surface area contributed by atoms with Crippen LogP contribution in [0.15, 0.2) is 29.4 Å². The highest BCUT2D eigenvalue weighted by Crippen LogP contribution is 2.13. The molecule has 0 heterocycles. The first-order chi connectivity index (χ1) is 6.86. The van der Waals surface area contributed by atoms with Gasteiger partial charge in [-0.3, -0.25) is 0 Å². The number of hydrogen-bond acceptors (Lipinski definition) is 3. The molecule has 14 heavy (non-hydrogen) atoms. The van der Waals surface area contributed by atoms with Crippen LogP contribution in [0, 0.1) is 0 Å². The molecule has 0 aromatic heterocycles. The van der Waals surface area contributed by atoms with Gasteiger partial charge in [0.05, 0.1) is 7.11 Å². The maximum absolute atomic E-state index is 5.08. The molecular weight excluding hydrogens is 178 g/mol. The van der Waals surface area contributed by atoms with Crippen molar-refractivity contribution in [3.8, 4) is 5.75 Å². The summed E-state index contributed by atoms with van der Waals surface area (Å²) in [5.74, 6) is 0.828. The molecule has 3 heteroatoms. The fraction of sp³-hybridized carbons (Fsp3) is 0.364. The molecule has 0 bridgehead atoms. The van der Waals surface area contributed by atoms with E-state index in [1.54, 1.807) is 7.11 Å². The van der Waals surface area contributed by atoms with Crippen molar-refractivity contribution < 1.29 is 9.57 Å². The number of hydrogen-bond donors (Lipinski definition) is 0. The molecule has 0 atom stereocenters. The van der Waals surface area contributed by atoms with E-state index in [0.717, 1.165) is 17.7 Å². The molecular formula is C11H14NO2. The minimum absolute atomic E-state index is 0.449. The zero-order chi connectivity index (χ0) is 10.2. The zero-order valence-electron chi connectivity index (χ0n) is 8.49. The van der Waals surface area contributed by atoms with Crippen molar-refractivity contribution in [3.05, 3.63) is 29.8 Å². The van der Waals surface area contributed by atoms with E-state index in [-0.39, 0.29) is 0 Å². The third kappa shape index (κ3) is 3.47. The Hall–Kier alpha value is -1.51. The molecule has 0 aliphatic heterocycles. The summed E-state index contributed by atoms with van der Waals surface area (Å²) in [4.78, 5) is 5.02. The molecule has 0 saturated heterocycles. The van der Waals surface area contributed by atoms with Gasteiger partial charge in [0.1, 0.15) is 18.6 Å². The molecule has 0 aliphatic rings. The van der Waals surface area contributed by atoms with Crippen LogP contribution in [-0.4, -0.2) is 13.3 Å². The lowest BCUT2D eigenvalue weighted by molar-refractivity contribution is 0.131. The highest BCUT2D eigenvalue weighted by molar-refractivity contribution is 5.55. The monoisotopic (exact) mass is 192 g/mol. The van der Waals surface area contributed by atoms with Gasteiger partial charge in [0.15, 0.2) is 0 Å². The summed E-state index contributed by atoms with van der Waals surface area (Å²) < 4.78 is 5.08. The van der Waals surface area contributed by atoms with Crippen molar-refractivity contribution in [1.82, 2.24) is 0 Å². The van der Waals surface area contributed by atoms with Crippen LogP contribution >= 0.6 is 0 Å². The van der Waals surface area contributed by atoms with Crippen LogP contribution in [0.1, 0.15) is 18.9 Å². The smallest absolute Gasteiger partial charge is 0.142 e. The zero-order valence-corrected chi connectivity index (χ0v) is 8.49. The fourth-order valence-corrected chi connectivity index (χ4v) is 0.979.